The fourth-order valence-corrected chi connectivity index (χ4v) is 3.41. The predicted octanol–water partition coefficient (Wildman–Crippen LogP) is 4.48. The molecule has 1 amide bonds. The number of carbonyl (C=O) groups is 1. The SMILES string of the molecule is C=NC(=O)/C(=C1/C=CC(OC2CC=CC2)=NN1C)c1c(Cl)cccc1Cl. The van der Waals surface area contributed by atoms with E-state index in [0.717, 1.165) is 12.8 Å². The Balaban J connectivity index is 2.00. The Bertz CT molecular complexity index is 843. The number of amides is 1. The molecule has 0 N–H and O–H groups in total. The van der Waals surface area contributed by atoms with Gasteiger partial charge in [0.2, 0.25) is 5.90 Å². The molecule has 1 heterocycles. The lowest BCUT2D eigenvalue weighted by Gasteiger charge is -2.24. The summed E-state index contributed by atoms with van der Waals surface area (Å²) in [6, 6.07) is 5.04. The van der Waals surface area contributed by atoms with Gasteiger partial charge in [-0.15, -0.1) is 5.10 Å². The molecule has 7 heteroatoms. The van der Waals surface area contributed by atoms with E-state index in [1.54, 1.807) is 42.4 Å². The number of hydrazone groups is 1. The Labute approximate surface area is 161 Å². The van der Waals surface area contributed by atoms with Crippen LogP contribution in [0, 0.1) is 0 Å². The molecule has 1 aromatic rings. The van der Waals surface area contributed by atoms with E-state index in [4.69, 9.17) is 27.9 Å². The van der Waals surface area contributed by atoms with E-state index >= 15 is 0 Å². The van der Waals surface area contributed by atoms with Gasteiger partial charge in [0.25, 0.3) is 5.91 Å². The summed E-state index contributed by atoms with van der Waals surface area (Å²) in [5.74, 6) is -0.0559. The Hall–Kier alpha value is -2.37. The van der Waals surface area contributed by atoms with Crippen molar-refractivity contribution < 1.29 is 9.53 Å². The van der Waals surface area contributed by atoms with Gasteiger partial charge in [0, 0.05) is 31.5 Å². The van der Waals surface area contributed by atoms with E-state index in [1.807, 2.05) is 0 Å². The summed E-state index contributed by atoms with van der Waals surface area (Å²) in [5, 5.41) is 6.65. The topological polar surface area (TPSA) is 54.3 Å². The minimum atomic E-state index is -0.536. The van der Waals surface area contributed by atoms with Gasteiger partial charge in [0.15, 0.2) is 0 Å². The van der Waals surface area contributed by atoms with Gasteiger partial charge in [0.1, 0.15) is 6.10 Å². The standard InChI is InChI=1S/C19H17Cl2N3O2/c1-22-19(25)18(17-13(20)8-5-9-14(17)21)15-10-11-16(23-24(15)2)26-12-6-3-4-7-12/h3-5,8-12H,1,6-7H2,2H3/b18-15-. The van der Waals surface area contributed by atoms with Crippen LogP contribution in [-0.4, -0.2) is 36.7 Å². The van der Waals surface area contributed by atoms with Gasteiger partial charge in [-0.3, -0.25) is 9.80 Å². The number of nitrogens with zero attached hydrogens (tertiary/aromatic N) is 3. The molecule has 0 saturated heterocycles. The molecular weight excluding hydrogens is 373 g/mol. The van der Waals surface area contributed by atoms with E-state index in [9.17, 15) is 4.79 Å². The van der Waals surface area contributed by atoms with Crippen LogP contribution >= 0.6 is 23.2 Å². The smallest absolute Gasteiger partial charge is 0.279 e. The minimum Gasteiger partial charge on any atom is -0.473 e. The predicted molar refractivity (Wildman–Crippen MR) is 106 cm³/mol. The number of halogens is 2. The molecule has 2 aliphatic rings. The molecule has 1 aliphatic carbocycles. The molecule has 5 nitrogen and oxygen atoms in total. The lowest BCUT2D eigenvalue weighted by Crippen LogP contribution is -2.23. The lowest BCUT2D eigenvalue weighted by molar-refractivity contribution is -0.112. The molecule has 0 atom stereocenters. The van der Waals surface area contributed by atoms with Crippen LogP contribution in [0.1, 0.15) is 18.4 Å². The highest BCUT2D eigenvalue weighted by Gasteiger charge is 2.25. The van der Waals surface area contributed by atoms with Gasteiger partial charge in [-0.1, -0.05) is 41.4 Å². The van der Waals surface area contributed by atoms with E-state index in [-0.39, 0.29) is 11.7 Å². The highest BCUT2D eigenvalue weighted by Crippen LogP contribution is 2.35. The van der Waals surface area contributed by atoms with E-state index in [0.29, 0.717) is 27.2 Å². The number of likely N-dealkylation sites (N-methyl/N-ethyl adjacent to an activating group) is 1. The van der Waals surface area contributed by atoms with Crippen molar-refractivity contribution in [1.82, 2.24) is 5.01 Å². The normalized spacial score (nSPS) is 18.7. The van der Waals surface area contributed by atoms with Crippen molar-refractivity contribution in [2.24, 2.45) is 10.1 Å². The second kappa shape index (κ2) is 7.89. The van der Waals surface area contributed by atoms with Gasteiger partial charge in [-0.05, 0) is 24.9 Å². The van der Waals surface area contributed by atoms with Crippen LogP contribution < -0.4 is 0 Å². The molecule has 0 spiro atoms. The number of benzene rings is 1. The first-order chi connectivity index (χ1) is 12.5. The summed E-state index contributed by atoms with van der Waals surface area (Å²) >= 11 is 12.6. The molecule has 0 bridgehead atoms. The van der Waals surface area contributed by atoms with Crippen molar-refractivity contribution in [2.75, 3.05) is 7.05 Å². The highest BCUT2D eigenvalue weighted by molar-refractivity contribution is 6.41. The quantitative estimate of drug-likeness (QED) is 0.434. The summed E-state index contributed by atoms with van der Waals surface area (Å²) in [4.78, 5) is 16.0. The second-order valence-electron chi connectivity index (χ2n) is 5.80. The number of ether oxygens (including phenoxy) is 1. The third kappa shape index (κ3) is 3.74. The summed E-state index contributed by atoms with van der Waals surface area (Å²) in [5.41, 5.74) is 1.15. The minimum absolute atomic E-state index is 0.0892. The maximum absolute atomic E-state index is 12.5. The average Bonchev–Trinajstić information content (AvgIpc) is 3.11. The molecule has 1 aliphatic heterocycles. The van der Waals surface area contributed by atoms with Gasteiger partial charge < -0.3 is 4.74 Å². The van der Waals surface area contributed by atoms with Crippen LogP contribution in [0.25, 0.3) is 5.57 Å². The average molecular weight is 390 g/mol. The second-order valence-corrected chi connectivity index (χ2v) is 6.61. The van der Waals surface area contributed by atoms with Crippen molar-refractivity contribution in [3.05, 3.63) is 63.8 Å². The van der Waals surface area contributed by atoms with Crippen molar-refractivity contribution in [3.8, 4) is 0 Å². The van der Waals surface area contributed by atoms with Crippen LogP contribution in [0.15, 0.2) is 58.3 Å². The van der Waals surface area contributed by atoms with Crippen LogP contribution in [-0.2, 0) is 9.53 Å². The Kier molecular flexibility index (Phi) is 5.59. The Morgan fingerprint density at radius 2 is 1.92 bits per heavy atom. The van der Waals surface area contributed by atoms with E-state index < -0.39 is 5.91 Å². The molecular formula is C19H17Cl2N3O2. The molecule has 3 rings (SSSR count). The van der Waals surface area contributed by atoms with Crippen LogP contribution in [0.5, 0.6) is 0 Å². The maximum Gasteiger partial charge on any atom is 0.279 e. The van der Waals surface area contributed by atoms with Gasteiger partial charge in [-0.2, -0.15) is 0 Å². The monoisotopic (exact) mass is 389 g/mol. The van der Waals surface area contributed by atoms with Crippen LogP contribution in [0.3, 0.4) is 0 Å². The van der Waals surface area contributed by atoms with Crippen molar-refractivity contribution in [3.63, 3.8) is 0 Å². The number of hydrogen-bond donors (Lipinski definition) is 0. The number of aliphatic imine (C=N–C) groups is 1. The summed E-state index contributed by atoms with van der Waals surface area (Å²) in [7, 11) is 1.72. The number of carbonyl (C=O) groups excluding carboxylic acids is 1. The third-order valence-corrected chi connectivity index (χ3v) is 4.69. The van der Waals surface area contributed by atoms with Crippen molar-refractivity contribution >= 4 is 47.3 Å². The number of allylic oxidation sites excluding steroid dienone is 1. The molecule has 26 heavy (non-hydrogen) atoms. The van der Waals surface area contributed by atoms with Gasteiger partial charge >= 0.3 is 0 Å². The zero-order valence-electron chi connectivity index (χ0n) is 14.2. The zero-order chi connectivity index (χ0) is 18.7. The van der Waals surface area contributed by atoms with Gasteiger partial charge in [0.05, 0.1) is 21.3 Å². The molecule has 0 fully saturated rings. The van der Waals surface area contributed by atoms with E-state index in [2.05, 4.69) is 29.0 Å². The molecule has 0 radical (unpaired) electrons. The Morgan fingerprint density at radius 1 is 1.27 bits per heavy atom. The lowest BCUT2D eigenvalue weighted by atomic mass is 10.0. The fourth-order valence-electron chi connectivity index (χ4n) is 2.82. The van der Waals surface area contributed by atoms with E-state index in [1.165, 1.54) is 0 Å². The summed E-state index contributed by atoms with van der Waals surface area (Å²) < 4.78 is 5.85. The molecule has 0 aromatic heterocycles. The molecule has 0 unspecified atom stereocenters. The number of rotatable bonds is 3. The van der Waals surface area contributed by atoms with Crippen molar-refractivity contribution in [2.45, 2.75) is 18.9 Å². The maximum atomic E-state index is 12.5. The largest absolute Gasteiger partial charge is 0.473 e. The number of hydrogen-bond acceptors (Lipinski definition) is 4. The summed E-state index contributed by atoms with van der Waals surface area (Å²) in [6.45, 7) is 3.34. The first-order valence-corrected chi connectivity index (χ1v) is 8.78. The summed E-state index contributed by atoms with van der Waals surface area (Å²) in [6.07, 6.45) is 9.43. The zero-order valence-corrected chi connectivity index (χ0v) is 15.7. The van der Waals surface area contributed by atoms with Crippen LogP contribution in [0.4, 0.5) is 0 Å². The van der Waals surface area contributed by atoms with Crippen LogP contribution in [0.2, 0.25) is 10.0 Å². The Morgan fingerprint density at radius 3 is 2.50 bits per heavy atom. The fraction of sp³-hybridized carbons (Fsp3) is 0.211. The van der Waals surface area contributed by atoms with Crippen molar-refractivity contribution in [1.29, 1.82) is 0 Å². The third-order valence-electron chi connectivity index (χ3n) is 4.06. The first-order valence-electron chi connectivity index (χ1n) is 8.03. The molecule has 134 valence electrons. The highest BCUT2D eigenvalue weighted by atomic mass is 35.5. The van der Waals surface area contributed by atoms with Gasteiger partial charge in [-0.25, -0.2) is 4.99 Å². The molecule has 0 saturated carbocycles. The first kappa shape index (κ1) is 18.4. The molecule has 1 aromatic carbocycles.